The van der Waals surface area contributed by atoms with Gasteiger partial charge in [-0.2, -0.15) is 13.2 Å². The van der Waals surface area contributed by atoms with Gasteiger partial charge in [0, 0.05) is 37.3 Å². The molecule has 0 unspecified atom stereocenters. The minimum absolute atomic E-state index is 0.122. The fourth-order valence-corrected chi connectivity index (χ4v) is 4.21. The van der Waals surface area contributed by atoms with E-state index in [-0.39, 0.29) is 41.6 Å². The van der Waals surface area contributed by atoms with E-state index in [9.17, 15) is 27.5 Å². The summed E-state index contributed by atoms with van der Waals surface area (Å²) in [6.07, 6.45) is -1.01. The highest BCUT2D eigenvalue weighted by Crippen LogP contribution is 2.38. The molecule has 0 saturated carbocycles. The first-order valence-electron chi connectivity index (χ1n) is 11.8. The second-order valence-corrected chi connectivity index (χ2v) is 9.23. The highest BCUT2D eigenvalue weighted by atomic mass is 19.4. The third-order valence-corrected chi connectivity index (χ3v) is 5.88. The Hall–Kier alpha value is -3.53. The van der Waals surface area contributed by atoms with Crippen molar-refractivity contribution in [2.24, 2.45) is 0 Å². The zero-order chi connectivity index (χ0) is 26.7. The first-order chi connectivity index (χ1) is 17.5. The fourth-order valence-electron chi connectivity index (χ4n) is 4.21. The van der Waals surface area contributed by atoms with Crippen molar-refractivity contribution in [2.45, 2.75) is 39.2 Å². The van der Waals surface area contributed by atoms with E-state index < -0.39 is 29.6 Å². The summed E-state index contributed by atoms with van der Waals surface area (Å²) in [7, 11) is 0. The highest BCUT2D eigenvalue weighted by molar-refractivity contribution is 5.87. The lowest BCUT2D eigenvalue weighted by Crippen LogP contribution is -2.35. The van der Waals surface area contributed by atoms with Crippen LogP contribution in [-0.2, 0) is 17.6 Å². The Morgan fingerprint density at radius 1 is 1.22 bits per heavy atom. The summed E-state index contributed by atoms with van der Waals surface area (Å²) in [6, 6.07) is 6.34. The number of rotatable bonds is 8. The largest absolute Gasteiger partial charge is 0.490 e. The van der Waals surface area contributed by atoms with Crippen LogP contribution in [0.25, 0.3) is 6.08 Å². The quantitative estimate of drug-likeness (QED) is 0.450. The molecule has 4 rings (SSSR count). The number of benzene rings is 2. The van der Waals surface area contributed by atoms with Gasteiger partial charge in [-0.15, -0.1) is 0 Å². The van der Waals surface area contributed by atoms with Crippen LogP contribution < -0.4 is 14.2 Å². The topological polar surface area (TPSA) is 68.2 Å². The lowest BCUT2D eigenvalue weighted by Gasteiger charge is -2.28. The lowest BCUT2D eigenvalue weighted by molar-refractivity contribution is -0.139. The van der Waals surface area contributed by atoms with Gasteiger partial charge in [-0.05, 0) is 49.6 Å². The molecule has 2 aliphatic rings. The minimum atomic E-state index is -4.60. The molecule has 0 bridgehead atoms. The maximum absolute atomic E-state index is 14.9. The van der Waals surface area contributed by atoms with Gasteiger partial charge in [-0.1, -0.05) is 12.1 Å². The predicted molar refractivity (Wildman–Crippen MR) is 128 cm³/mol. The second-order valence-electron chi connectivity index (χ2n) is 9.23. The van der Waals surface area contributed by atoms with Gasteiger partial charge in [-0.25, -0.2) is 9.18 Å². The molecule has 37 heavy (non-hydrogen) atoms. The van der Waals surface area contributed by atoms with Gasteiger partial charge in [-0.3, -0.25) is 4.90 Å². The van der Waals surface area contributed by atoms with Crippen molar-refractivity contribution in [3.05, 3.63) is 70.1 Å². The van der Waals surface area contributed by atoms with E-state index >= 15 is 0 Å². The van der Waals surface area contributed by atoms with Crippen LogP contribution in [0.4, 0.5) is 17.6 Å². The summed E-state index contributed by atoms with van der Waals surface area (Å²) in [6.45, 7) is 4.71. The third kappa shape index (κ3) is 6.62. The fraction of sp³-hybridized carbons (Fsp3) is 0.370. The Balaban J connectivity index is 1.45. The van der Waals surface area contributed by atoms with E-state index in [1.165, 1.54) is 18.2 Å². The number of hydrogen-bond donors (Lipinski definition) is 1. The smallest absolute Gasteiger partial charge is 0.419 e. The van der Waals surface area contributed by atoms with E-state index in [4.69, 9.17) is 14.2 Å². The van der Waals surface area contributed by atoms with Crippen molar-refractivity contribution in [3.8, 4) is 17.2 Å². The van der Waals surface area contributed by atoms with Crippen molar-refractivity contribution in [3.63, 3.8) is 0 Å². The maximum Gasteiger partial charge on any atom is 0.419 e. The number of hydrogen-bond acceptors (Lipinski definition) is 5. The van der Waals surface area contributed by atoms with Gasteiger partial charge in [0.05, 0.1) is 17.2 Å². The number of carboxylic acid groups (broad SMARTS) is 1. The number of carboxylic acids is 1. The number of fused-ring (bicyclic) bond motifs is 1. The Morgan fingerprint density at radius 2 is 2.00 bits per heavy atom. The molecule has 2 aliphatic heterocycles. The van der Waals surface area contributed by atoms with Crippen molar-refractivity contribution < 1.29 is 41.7 Å². The summed E-state index contributed by atoms with van der Waals surface area (Å²) >= 11 is 0. The molecule has 6 nitrogen and oxygen atoms in total. The standard InChI is InChI=1S/C27H27F4NO5/c1-16(2)37-24-6-5-17(9-22(24)27(29,30)31)14-35-20-10-23(28)21-8-18(15-36-25(21)11-20)12-32-7-3-4-19(13-32)26(33)34/h4-6,8-11,16H,3,7,12-15H2,1-2H3,(H,33,34). The molecule has 0 atom stereocenters. The van der Waals surface area contributed by atoms with Crippen molar-refractivity contribution in [1.29, 1.82) is 0 Å². The molecule has 0 aliphatic carbocycles. The van der Waals surface area contributed by atoms with Gasteiger partial charge < -0.3 is 19.3 Å². The third-order valence-electron chi connectivity index (χ3n) is 5.88. The molecule has 2 aromatic rings. The van der Waals surface area contributed by atoms with Gasteiger partial charge in [0.25, 0.3) is 0 Å². The van der Waals surface area contributed by atoms with Gasteiger partial charge in [0.1, 0.15) is 36.3 Å². The Bertz CT molecular complexity index is 1240. The van der Waals surface area contributed by atoms with Crippen molar-refractivity contribution in [1.82, 2.24) is 4.90 Å². The monoisotopic (exact) mass is 521 g/mol. The zero-order valence-corrected chi connectivity index (χ0v) is 20.4. The minimum Gasteiger partial charge on any atom is -0.490 e. The molecule has 198 valence electrons. The maximum atomic E-state index is 14.9. The summed E-state index contributed by atoms with van der Waals surface area (Å²) in [4.78, 5) is 13.2. The van der Waals surface area contributed by atoms with Gasteiger partial charge >= 0.3 is 12.1 Å². The highest BCUT2D eigenvalue weighted by Gasteiger charge is 2.35. The Labute approximate surface area is 211 Å². The number of halogens is 4. The molecule has 0 amide bonds. The van der Waals surface area contributed by atoms with Crippen LogP contribution in [0, 0.1) is 5.82 Å². The lowest BCUT2D eigenvalue weighted by atomic mass is 10.0. The predicted octanol–water partition coefficient (Wildman–Crippen LogP) is 5.70. The van der Waals surface area contributed by atoms with Crippen LogP contribution in [0.15, 0.2) is 47.6 Å². The normalized spacial score (nSPS) is 16.0. The van der Waals surface area contributed by atoms with Crippen LogP contribution >= 0.6 is 0 Å². The van der Waals surface area contributed by atoms with Crippen LogP contribution in [0.3, 0.4) is 0 Å². The van der Waals surface area contributed by atoms with E-state index in [1.54, 1.807) is 26.0 Å². The first kappa shape index (κ1) is 26.5. The molecule has 0 aromatic heterocycles. The molecule has 10 heteroatoms. The Kier molecular flexibility index (Phi) is 7.77. The number of ether oxygens (including phenoxy) is 3. The van der Waals surface area contributed by atoms with Crippen LogP contribution in [0.5, 0.6) is 17.2 Å². The summed E-state index contributed by atoms with van der Waals surface area (Å²) < 4.78 is 72.0. The number of nitrogens with zero attached hydrogens (tertiary/aromatic N) is 1. The van der Waals surface area contributed by atoms with Crippen LogP contribution in [0.1, 0.15) is 37.0 Å². The Morgan fingerprint density at radius 3 is 2.70 bits per heavy atom. The van der Waals surface area contributed by atoms with Crippen LogP contribution in [-0.4, -0.2) is 48.3 Å². The first-order valence-corrected chi connectivity index (χ1v) is 11.8. The molecule has 2 aromatic carbocycles. The average molecular weight is 522 g/mol. The molecule has 0 spiro atoms. The molecule has 0 radical (unpaired) electrons. The molecule has 0 saturated heterocycles. The van der Waals surface area contributed by atoms with E-state index in [0.717, 1.165) is 17.7 Å². The molecular formula is C27H27F4NO5. The van der Waals surface area contributed by atoms with E-state index in [1.807, 2.05) is 4.90 Å². The summed E-state index contributed by atoms with van der Waals surface area (Å²) in [5, 5.41) is 9.21. The number of aliphatic carboxylic acids is 1. The number of carbonyl (C=O) groups is 1. The average Bonchev–Trinajstić information content (AvgIpc) is 2.83. The molecule has 2 heterocycles. The molecule has 0 fully saturated rings. The molecular weight excluding hydrogens is 494 g/mol. The van der Waals surface area contributed by atoms with Crippen LogP contribution in [0.2, 0.25) is 0 Å². The summed E-state index contributed by atoms with van der Waals surface area (Å²) in [5.41, 5.74) is 0.728. The van der Waals surface area contributed by atoms with E-state index in [0.29, 0.717) is 31.6 Å². The van der Waals surface area contributed by atoms with Crippen molar-refractivity contribution >= 4 is 12.0 Å². The SMILES string of the molecule is CC(C)Oc1ccc(COc2cc(F)c3c(c2)OCC(CN2CCC=C(C(=O)O)C2)=C3)cc1C(F)(F)F. The molecule has 1 N–H and O–H groups in total. The van der Waals surface area contributed by atoms with Crippen molar-refractivity contribution in [2.75, 3.05) is 26.2 Å². The summed E-state index contributed by atoms with van der Waals surface area (Å²) in [5.74, 6) is -1.42. The second kappa shape index (κ2) is 10.8. The van der Waals surface area contributed by atoms with Gasteiger partial charge in [0.2, 0.25) is 0 Å². The van der Waals surface area contributed by atoms with Gasteiger partial charge in [0.15, 0.2) is 0 Å². The van der Waals surface area contributed by atoms with E-state index in [2.05, 4.69) is 0 Å². The zero-order valence-electron chi connectivity index (χ0n) is 20.4. The number of alkyl halides is 3.